The third-order valence-electron chi connectivity index (χ3n) is 3.81. The molecule has 2 aromatic rings. The average Bonchev–Trinajstić information content (AvgIpc) is 2.68. The van der Waals surface area contributed by atoms with E-state index >= 15 is 0 Å². The number of methoxy groups -OCH3 is 1. The molecular formula is C20H25F2N3O3. The summed E-state index contributed by atoms with van der Waals surface area (Å²) < 4.78 is 40.2. The van der Waals surface area contributed by atoms with Gasteiger partial charge in [0.15, 0.2) is 17.5 Å². The SMILES string of the molecule is CN=C(NCCOc1ccc(C)cc1)NCc1ccc(OC)c(OC(F)F)c1. The molecule has 0 aliphatic rings. The lowest BCUT2D eigenvalue weighted by atomic mass is 10.2. The van der Waals surface area contributed by atoms with E-state index in [0.717, 1.165) is 11.3 Å². The molecule has 0 radical (unpaired) electrons. The summed E-state index contributed by atoms with van der Waals surface area (Å²) >= 11 is 0. The van der Waals surface area contributed by atoms with Gasteiger partial charge in [0, 0.05) is 13.6 Å². The van der Waals surface area contributed by atoms with Gasteiger partial charge in [-0.15, -0.1) is 0 Å². The van der Waals surface area contributed by atoms with Gasteiger partial charge in [-0.3, -0.25) is 4.99 Å². The molecule has 0 unspecified atom stereocenters. The van der Waals surface area contributed by atoms with Crippen LogP contribution < -0.4 is 24.8 Å². The summed E-state index contributed by atoms with van der Waals surface area (Å²) in [5.74, 6) is 1.62. The molecule has 0 heterocycles. The van der Waals surface area contributed by atoms with Crippen molar-refractivity contribution in [1.82, 2.24) is 10.6 Å². The first-order valence-electron chi connectivity index (χ1n) is 8.77. The van der Waals surface area contributed by atoms with Crippen LogP contribution in [0.3, 0.4) is 0 Å². The molecule has 0 aromatic heterocycles. The van der Waals surface area contributed by atoms with Crippen molar-refractivity contribution in [2.45, 2.75) is 20.1 Å². The Kier molecular flexibility index (Phi) is 8.33. The van der Waals surface area contributed by atoms with Gasteiger partial charge in [-0.25, -0.2) is 0 Å². The van der Waals surface area contributed by atoms with Crippen LogP contribution in [-0.4, -0.2) is 39.9 Å². The van der Waals surface area contributed by atoms with Crippen molar-refractivity contribution in [1.29, 1.82) is 0 Å². The number of nitrogens with one attached hydrogen (secondary N) is 2. The molecule has 2 rings (SSSR count). The third kappa shape index (κ3) is 6.94. The number of alkyl halides is 2. The van der Waals surface area contributed by atoms with E-state index in [1.807, 2.05) is 31.2 Å². The van der Waals surface area contributed by atoms with Crippen molar-refractivity contribution in [3.05, 3.63) is 53.6 Å². The minimum absolute atomic E-state index is 0.00811. The summed E-state index contributed by atoms with van der Waals surface area (Å²) in [5, 5.41) is 6.24. The topological polar surface area (TPSA) is 64.1 Å². The first kappa shape index (κ1) is 21.3. The van der Waals surface area contributed by atoms with Gasteiger partial charge in [0.2, 0.25) is 0 Å². The van der Waals surface area contributed by atoms with E-state index < -0.39 is 6.61 Å². The number of aliphatic imine (C=N–C) groups is 1. The maximum atomic E-state index is 12.5. The van der Waals surface area contributed by atoms with E-state index in [9.17, 15) is 8.78 Å². The number of nitrogens with zero attached hydrogens (tertiary/aromatic N) is 1. The van der Waals surface area contributed by atoms with Gasteiger partial charge in [-0.05, 0) is 36.8 Å². The number of guanidine groups is 1. The van der Waals surface area contributed by atoms with Gasteiger partial charge in [-0.2, -0.15) is 8.78 Å². The minimum Gasteiger partial charge on any atom is -0.493 e. The normalized spacial score (nSPS) is 11.3. The number of aryl methyl sites for hydroxylation is 1. The van der Waals surface area contributed by atoms with Crippen LogP contribution in [0.15, 0.2) is 47.5 Å². The van der Waals surface area contributed by atoms with E-state index in [2.05, 4.69) is 20.4 Å². The molecule has 0 aliphatic carbocycles. The molecule has 8 heteroatoms. The lowest BCUT2D eigenvalue weighted by Gasteiger charge is -2.14. The molecule has 0 atom stereocenters. The van der Waals surface area contributed by atoms with Crippen molar-refractivity contribution in [3.63, 3.8) is 0 Å². The lowest BCUT2D eigenvalue weighted by Crippen LogP contribution is -2.38. The Morgan fingerprint density at radius 1 is 1.07 bits per heavy atom. The van der Waals surface area contributed by atoms with Crippen LogP contribution in [0.5, 0.6) is 17.2 Å². The Balaban J connectivity index is 1.80. The summed E-state index contributed by atoms with van der Waals surface area (Å²) in [7, 11) is 3.05. The summed E-state index contributed by atoms with van der Waals surface area (Å²) in [5.41, 5.74) is 1.92. The zero-order valence-electron chi connectivity index (χ0n) is 16.2. The van der Waals surface area contributed by atoms with Gasteiger partial charge in [0.05, 0.1) is 13.7 Å². The molecule has 152 valence electrons. The monoisotopic (exact) mass is 393 g/mol. The average molecular weight is 393 g/mol. The first-order valence-corrected chi connectivity index (χ1v) is 8.77. The zero-order valence-corrected chi connectivity index (χ0v) is 16.2. The predicted octanol–water partition coefficient (Wildman–Crippen LogP) is 3.35. The standard InChI is InChI=1S/C20H25F2N3O3/c1-14-4-7-16(8-5-14)27-11-10-24-20(23-2)25-13-15-6-9-17(26-3)18(12-15)28-19(21)22/h4-9,12,19H,10-11,13H2,1-3H3,(H2,23,24,25). The van der Waals surface area contributed by atoms with Gasteiger partial charge in [0.25, 0.3) is 0 Å². The summed E-state index contributed by atoms with van der Waals surface area (Å²) in [6.07, 6.45) is 0. The molecule has 0 saturated heterocycles. The summed E-state index contributed by atoms with van der Waals surface area (Å²) in [6, 6.07) is 12.7. The van der Waals surface area contributed by atoms with E-state index in [0.29, 0.717) is 25.7 Å². The van der Waals surface area contributed by atoms with Crippen molar-refractivity contribution in [3.8, 4) is 17.2 Å². The summed E-state index contributed by atoms with van der Waals surface area (Å²) in [6.45, 7) is 0.503. The van der Waals surface area contributed by atoms with Crippen molar-refractivity contribution >= 4 is 5.96 Å². The first-order chi connectivity index (χ1) is 13.5. The van der Waals surface area contributed by atoms with Crippen LogP contribution in [0.2, 0.25) is 0 Å². The fourth-order valence-electron chi connectivity index (χ4n) is 2.40. The maximum Gasteiger partial charge on any atom is 0.387 e. The van der Waals surface area contributed by atoms with Crippen molar-refractivity contribution < 1.29 is 23.0 Å². The molecule has 0 amide bonds. The second-order valence-electron chi connectivity index (χ2n) is 5.88. The smallest absolute Gasteiger partial charge is 0.387 e. The predicted molar refractivity (Wildman–Crippen MR) is 105 cm³/mol. The molecule has 0 saturated carbocycles. The second-order valence-corrected chi connectivity index (χ2v) is 5.88. The van der Waals surface area contributed by atoms with E-state index in [1.165, 1.54) is 18.7 Å². The fraction of sp³-hybridized carbons (Fsp3) is 0.350. The molecule has 0 aliphatic heterocycles. The van der Waals surface area contributed by atoms with Crippen LogP contribution in [0, 0.1) is 6.92 Å². The Morgan fingerprint density at radius 2 is 1.82 bits per heavy atom. The molecule has 28 heavy (non-hydrogen) atoms. The Labute approximate surface area is 163 Å². The summed E-state index contributed by atoms with van der Waals surface area (Å²) in [4.78, 5) is 4.13. The van der Waals surface area contributed by atoms with E-state index in [-0.39, 0.29) is 11.5 Å². The molecule has 0 bridgehead atoms. The van der Waals surface area contributed by atoms with Crippen molar-refractivity contribution in [2.24, 2.45) is 4.99 Å². The second kappa shape index (κ2) is 11.0. The number of benzene rings is 2. The maximum absolute atomic E-state index is 12.5. The highest BCUT2D eigenvalue weighted by Gasteiger charge is 2.11. The van der Waals surface area contributed by atoms with E-state index in [1.54, 1.807) is 19.2 Å². The number of halogens is 2. The number of ether oxygens (including phenoxy) is 3. The van der Waals surface area contributed by atoms with Crippen LogP contribution in [0.1, 0.15) is 11.1 Å². The molecule has 6 nitrogen and oxygen atoms in total. The van der Waals surface area contributed by atoms with E-state index in [4.69, 9.17) is 9.47 Å². The van der Waals surface area contributed by atoms with Gasteiger partial charge in [-0.1, -0.05) is 23.8 Å². The largest absolute Gasteiger partial charge is 0.493 e. The molecule has 2 N–H and O–H groups in total. The number of rotatable bonds is 9. The van der Waals surface area contributed by atoms with Crippen LogP contribution in [0.25, 0.3) is 0 Å². The van der Waals surface area contributed by atoms with Crippen LogP contribution in [0.4, 0.5) is 8.78 Å². The van der Waals surface area contributed by atoms with Crippen LogP contribution >= 0.6 is 0 Å². The lowest BCUT2D eigenvalue weighted by molar-refractivity contribution is -0.0512. The fourth-order valence-corrected chi connectivity index (χ4v) is 2.40. The highest BCUT2D eigenvalue weighted by atomic mass is 19.3. The third-order valence-corrected chi connectivity index (χ3v) is 3.81. The van der Waals surface area contributed by atoms with Gasteiger partial charge >= 0.3 is 6.61 Å². The van der Waals surface area contributed by atoms with Crippen molar-refractivity contribution in [2.75, 3.05) is 27.3 Å². The molecule has 2 aromatic carbocycles. The van der Waals surface area contributed by atoms with Gasteiger partial charge < -0.3 is 24.8 Å². The minimum atomic E-state index is -2.92. The van der Waals surface area contributed by atoms with Crippen LogP contribution in [-0.2, 0) is 6.54 Å². The Morgan fingerprint density at radius 3 is 2.46 bits per heavy atom. The highest BCUT2D eigenvalue weighted by Crippen LogP contribution is 2.29. The Bertz CT molecular complexity index is 768. The quantitative estimate of drug-likeness (QED) is 0.389. The molecule has 0 spiro atoms. The molecular weight excluding hydrogens is 368 g/mol. The number of hydrogen-bond acceptors (Lipinski definition) is 4. The highest BCUT2D eigenvalue weighted by molar-refractivity contribution is 5.79. The Hall–Kier alpha value is -3.03. The van der Waals surface area contributed by atoms with Gasteiger partial charge in [0.1, 0.15) is 12.4 Å². The molecule has 0 fully saturated rings. The number of hydrogen-bond donors (Lipinski definition) is 2. The zero-order chi connectivity index (χ0) is 20.4.